The van der Waals surface area contributed by atoms with Gasteiger partial charge in [0.05, 0.1) is 25.6 Å². The summed E-state index contributed by atoms with van der Waals surface area (Å²) in [4.78, 5) is 13.8. The van der Waals surface area contributed by atoms with Crippen LogP contribution in [0.3, 0.4) is 0 Å². The molecule has 1 atom stereocenters. The van der Waals surface area contributed by atoms with Crippen molar-refractivity contribution in [1.82, 2.24) is 0 Å². The summed E-state index contributed by atoms with van der Waals surface area (Å²) in [5.41, 5.74) is 0.858. The van der Waals surface area contributed by atoms with Gasteiger partial charge in [-0.1, -0.05) is 30.3 Å². The first-order chi connectivity index (χ1) is 8.27. The largest absolute Gasteiger partial charge is 0.334 e. The van der Waals surface area contributed by atoms with Gasteiger partial charge in [0.2, 0.25) is 0 Å². The molecule has 0 aromatic heterocycles. The van der Waals surface area contributed by atoms with E-state index in [0.29, 0.717) is 5.78 Å². The number of carbonyl (C=O) groups is 1. The van der Waals surface area contributed by atoms with E-state index in [2.05, 4.69) is 6.92 Å². The standard InChI is InChI=1S/C15H21NO/c1-13(12-16-10-6-3-7-11-16)15(17)14-8-4-2-5-9-14/h2,4-5,8-9,13H,3,6-7,10-12H2,1H3/p+1/t13-/m0/s1. The van der Waals surface area contributed by atoms with Crippen LogP contribution in [0.5, 0.6) is 0 Å². The Hall–Kier alpha value is -1.15. The predicted octanol–water partition coefficient (Wildman–Crippen LogP) is 1.57. The van der Waals surface area contributed by atoms with E-state index in [-0.39, 0.29) is 5.92 Å². The molecule has 1 aliphatic heterocycles. The molecule has 0 saturated carbocycles. The second-order valence-corrected chi connectivity index (χ2v) is 5.15. The first kappa shape index (κ1) is 12.3. The molecule has 92 valence electrons. The summed E-state index contributed by atoms with van der Waals surface area (Å²) >= 11 is 0. The van der Waals surface area contributed by atoms with E-state index in [4.69, 9.17) is 0 Å². The molecule has 2 heteroatoms. The predicted molar refractivity (Wildman–Crippen MR) is 69.4 cm³/mol. The zero-order chi connectivity index (χ0) is 12.1. The Morgan fingerprint density at radius 3 is 2.47 bits per heavy atom. The fraction of sp³-hybridized carbons (Fsp3) is 0.533. The van der Waals surface area contributed by atoms with Crippen LogP contribution in [0.2, 0.25) is 0 Å². The number of Topliss-reactive ketones (excluding diaryl/α,β-unsaturated/α-hetero) is 1. The Balaban J connectivity index is 1.91. The summed E-state index contributed by atoms with van der Waals surface area (Å²) in [5.74, 6) is 0.439. The van der Waals surface area contributed by atoms with E-state index in [1.807, 2.05) is 30.3 Å². The molecule has 0 amide bonds. The van der Waals surface area contributed by atoms with E-state index in [1.165, 1.54) is 32.4 Å². The summed E-state index contributed by atoms with van der Waals surface area (Å²) in [5, 5.41) is 0. The first-order valence-corrected chi connectivity index (χ1v) is 6.70. The lowest BCUT2D eigenvalue weighted by Crippen LogP contribution is -3.13. The molecule has 1 heterocycles. The summed E-state index contributed by atoms with van der Waals surface area (Å²) in [7, 11) is 0. The third-order valence-corrected chi connectivity index (χ3v) is 3.66. The maximum absolute atomic E-state index is 12.2. The smallest absolute Gasteiger partial charge is 0.171 e. The quantitative estimate of drug-likeness (QED) is 0.782. The molecule has 0 spiro atoms. The van der Waals surface area contributed by atoms with Crippen molar-refractivity contribution in [2.45, 2.75) is 26.2 Å². The third-order valence-electron chi connectivity index (χ3n) is 3.66. The van der Waals surface area contributed by atoms with E-state index in [9.17, 15) is 4.79 Å². The van der Waals surface area contributed by atoms with E-state index >= 15 is 0 Å². The number of hydrogen-bond acceptors (Lipinski definition) is 1. The number of quaternary nitrogens is 1. The van der Waals surface area contributed by atoms with Crippen LogP contribution in [-0.4, -0.2) is 25.4 Å². The normalized spacial score (nSPS) is 18.9. The number of benzene rings is 1. The molecule has 0 bridgehead atoms. The molecule has 2 nitrogen and oxygen atoms in total. The molecule has 1 aromatic carbocycles. The van der Waals surface area contributed by atoms with Crippen LogP contribution >= 0.6 is 0 Å². The van der Waals surface area contributed by atoms with Gasteiger partial charge in [0.15, 0.2) is 5.78 Å². The van der Waals surface area contributed by atoms with Crippen LogP contribution in [0.25, 0.3) is 0 Å². The number of ketones is 1. The van der Waals surface area contributed by atoms with Gasteiger partial charge >= 0.3 is 0 Å². The second-order valence-electron chi connectivity index (χ2n) is 5.15. The SMILES string of the molecule is C[C@@H](C[NH+]1CCCCC1)C(=O)c1ccccc1. The Kier molecular flexibility index (Phi) is 4.32. The van der Waals surface area contributed by atoms with Gasteiger partial charge in [-0.25, -0.2) is 0 Å². The molecule has 2 rings (SSSR count). The number of likely N-dealkylation sites (tertiary alicyclic amines) is 1. The van der Waals surface area contributed by atoms with Gasteiger partial charge in [-0.2, -0.15) is 0 Å². The van der Waals surface area contributed by atoms with Gasteiger partial charge in [-0.05, 0) is 26.2 Å². The molecule has 1 N–H and O–H groups in total. The highest BCUT2D eigenvalue weighted by atomic mass is 16.1. The summed E-state index contributed by atoms with van der Waals surface area (Å²) < 4.78 is 0. The fourth-order valence-electron chi connectivity index (χ4n) is 2.67. The lowest BCUT2D eigenvalue weighted by molar-refractivity contribution is -0.906. The maximum atomic E-state index is 12.2. The highest BCUT2D eigenvalue weighted by Gasteiger charge is 2.22. The number of hydrogen-bond donors (Lipinski definition) is 1. The maximum Gasteiger partial charge on any atom is 0.171 e. The van der Waals surface area contributed by atoms with Gasteiger partial charge in [-0.15, -0.1) is 0 Å². The summed E-state index contributed by atoms with van der Waals surface area (Å²) in [6, 6.07) is 9.67. The Morgan fingerprint density at radius 2 is 1.82 bits per heavy atom. The highest BCUT2D eigenvalue weighted by Crippen LogP contribution is 2.07. The van der Waals surface area contributed by atoms with Gasteiger partial charge in [0.1, 0.15) is 0 Å². The van der Waals surface area contributed by atoms with Crippen molar-refractivity contribution in [2.24, 2.45) is 5.92 Å². The highest BCUT2D eigenvalue weighted by molar-refractivity contribution is 5.97. The van der Waals surface area contributed by atoms with Crippen molar-refractivity contribution in [3.05, 3.63) is 35.9 Å². The van der Waals surface area contributed by atoms with Gasteiger partial charge in [0.25, 0.3) is 0 Å². The van der Waals surface area contributed by atoms with Crippen LogP contribution in [0, 0.1) is 5.92 Å². The van der Waals surface area contributed by atoms with Gasteiger partial charge in [0, 0.05) is 5.56 Å². The fourth-order valence-corrected chi connectivity index (χ4v) is 2.67. The minimum absolute atomic E-state index is 0.144. The van der Waals surface area contributed by atoms with Crippen LogP contribution in [0.1, 0.15) is 36.5 Å². The lowest BCUT2D eigenvalue weighted by Gasteiger charge is -2.25. The third kappa shape index (κ3) is 3.40. The van der Waals surface area contributed by atoms with Gasteiger partial charge in [-0.3, -0.25) is 4.79 Å². The molecule has 1 aliphatic rings. The van der Waals surface area contributed by atoms with Crippen molar-refractivity contribution in [1.29, 1.82) is 0 Å². The minimum atomic E-state index is 0.144. The monoisotopic (exact) mass is 232 g/mol. The van der Waals surface area contributed by atoms with Crippen molar-refractivity contribution in [2.75, 3.05) is 19.6 Å². The Morgan fingerprint density at radius 1 is 1.18 bits per heavy atom. The van der Waals surface area contributed by atoms with Gasteiger partial charge < -0.3 is 4.90 Å². The zero-order valence-electron chi connectivity index (χ0n) is 10.6. The average molecular weight is 232 g/mol. The number of carbonyl (C=O) groups excluding carboxylic acids is 1. The molecular formula is C15H22NO+. The van der Waals surface area contributed by atoms with Crippen molar-refractivity contribution >= 4 is 5.78 Å². The van der Waals surface area contributed by atoms with Crippen molar-refractivity contribution in [3.63, 3.8) is 0 Å². The molecule has 1 aromatic rings. The zero-order valence-corrected chi connectivity index (χ0v) is 10.6. The lowest BCUT2D eigenvalue weighted by atomic mass is 9.98. The number of rotatable bonds is 4. The minimum Gasteiger partial charge on any atom is -0.334 e. The molecule has 0 radical (unpaired) electrons. The van der Waals surface area contributed by atoms with Crippen LogP contribution < -0.4 is 4.90 Å². The second kappa shape index (κ2) is 5.97. The summed E-state index contributed by atoms with van der Waals surface area (Å²) in [6.45, 7) is 5.55. The van der Waals surface area contributed by atoms with Crippen molar-refractivity contribution < 1.29 is 9.69 Å². The molecule has 1 saturated heterocycles. The number of nitrogens with one attached hydrogen (secondary N) is 1. The van der Waals surface area contributed by atoms with Crippen LogP contribution in [0.15, 0.2) is 30.3 Å². The topological polar surface area (TPSA) is 21.5 Å². The molecule has 17 heavy (non-hydrogen) atoms. The average Bonchev–Trinajstić information content (AvgIpc) is 2.40. The number of piperidine rings is 1. The van der Waals surface area contributed by atoms with E-state index in [1.54, 1.807) is 4.90 Å². The summed E-state index contributed by atoms with van der Waals surface area (Å²) in [6.07, 6.45) is 4.01. The van der Waals surface area contributed by atoms with Crippen LogP contribution in [-0.2, 0) is 0 Å². The Bertz CT molecular complexity index is 354. The Labute approximate surface area is 104 Å². The van der Waals surface area contributed by atoms with E-state index in [0.717, 1.165) is 12.1 Å². The van der Waals surface area contributed by atoms with E-state index < -0.39 is 0 Å². The molecule has 0 unspecified atom stereocenters. The van der Waals surface area contributed by atoms with Crippen molar-refractivity contribution in [3.8, 4) is 0 Å². The molecule has 0 aliphatic carbocycles. The van der Waals surface area contributed by atoms with Crippen LogP contribution in [0.4, 0.5) is 0 Å². The molecule has 1 fully saturated rings. The first-order valence-electron chi connectivity index (χ1n) is 6.70. The molecular weight excluding hydrogens is 210 g/mol.